The molecule has 2 aromatic rings. The summed E-state index contributed by atoms with van der Waals surface area (Å²) in [4.78, 5) is 2.78. The first kappa shape index (κ1) is 23.5. The van der Waals surface area contributed by atoms with Crippen molar-refractivity contribution in [1.29, 1.82) is 0 Å². The average Bonchev–Trinajstić information content (AvgIpc) is 3.05. The molecule has 0 saturated carbocycles. The number of benzene rings is 1. The smallest absolute Gasteiger partial charge is 0.314 e. The number of halogens is 7. The molecule has 10 heteroatoms. The molecule has 1 fully saturated rings. The van der Waals surface area contributed by atoms with Crippen molar-refractivity contribution in [2.45, 2.75) is 12.2 Å². The Balaban J connectivity index is 0.00000169. The quantitative estimate of drug-likeness (QED) is 0.629. The molecule has 1 aliphatic heterocycles. The predicted molar refractivity (Wildman–Crippen MR) is 102 cm³/mol. The fraction of sp³-hybridized carbons (Fsp3) is 0.375. The highest BCUT2D eigenvalue weighted by molar-refractivity contribution is 7.10. The van der Waals surface area contributed by atoms with Crippen LogP contribution in [0, 0.1) is 5.82 Å². The topological polar surface area (TPSA) is 15.3 Å². The van der Waals surface area contributed by atoms with Crippen LogP contribution in [0.25, 0.3) is 0 Å². The van der Waals surface area contributed by atoms with Crippen LogP contribution < -0.4 is 5.32 Å². The molecule has 1 aromatic carbocycles. The Morgan fingerprint density at radius 2 is 1.81 bits per heavy atom. The third kappa shape index (κ3) is 5.03. The van der Waals surface area contributed by atoms with Crippen molar-refractivity contribution in [1.82, 2.24) is 10.2 Å². The summed E-state index contributed by atoms with van der Waals surface area (Å²) in [5.74, 6) is -0.790. The van der Waals surface area contributed by atoms with Gasteiger partial charge in [-0.15, -0.1) is 36.2 Å². The highest BCUT2D eigenvalue weighted by Gasteiger charge is 2.35. The zero-order chi connectivity index (χ0) is 17.3. The third-order valence-electron chi connectivity index (χ3n) is 4.01. The Hall–Kier alpha value is -0.570. The van der Waals surface area contributed by atoms with Crippen molar-refractivity contribution in [2.75, 3.05) is 26.2 Å². The first-order chi connectivity index (χ1) is 11.4. The lowest BCUT2D eigenvalue weighted by Crippen LogP contribution is -2.45. The minimum absolute atomic E-state index is 0. The first-order valence-electron chi connectivity index (χ1n) is 7.42. The van der Waals surface area contributed by atoms with Gasteiger partial charge in [0, 0.05) is 36.6 Å². The molecule has 1 aromatic heterocycles. The van der Waals surface area contributed by atoms with Crippen LogP contribution in [0.4, 0.5) is 17.6 Å². The largest absolute Gasteiger partial charge is 0.416 e. The van der Waals surface area contributed by atoms with Crippen LogP contribution in [0.2, 0.25) is 5.02 Å². The standard InChI is InChI=1S/C16H15ClF4N2S.2ClH/c17-12-9-10(16(19,20)21)8-11(14(12)18)15(13-2-1-7-24-13)23-5-3-22-4-6-23;;/h1-2,7-9,15,22H,3-6H2;2*1H/t15-;;/m0../s1. The van der Waals surface area contributed by atoms with E-state index in [0.29, 0.717) is 32.2 Å². The third-order valence-corrected chi connectivity index (χ3v) is 5.21. The van der Waals surface area contributed by atoms with Gasteiger partial charge in [0.2, 0.25) is 0 Å². The van der Waals surface area contributed by atoms with Gasteiger partial charge >= 0.3 is 6.18 Å². The molecule has 2 nitrogen and oxygen atoms in total. The molecule has 0 bridgehead atoms. The Labute approximate surface area is 170 Å². The lowest BCUT2D eigenvalue weighted by molar-refractivity contribution is -0.137. The second-order valence-corrected chi connectivity index (χ2v) is 6.95. The van der Waals surface area contributed by atoms with Gasteiger partial charge < -0.3 is 5.32 Å². The number of rotatable bonds is 3. The summed E-state index contributed by atoms with van der Waals surface area (Å²) < 4.78 is 54.0. The van der Waals surface area contributed by atoms with Gasteiger partial charge in [0.05, 0.1) is 16.6 Å². The Kier molecular flexibility index (Phi) is 8.64. The molecule has 26 heavy (non-hydrogen) atoms. The summed E-state index contributed by atoms with van der Waals surface area (Å²) in [5.41, 5.74) is -0.959. The van der Waals surface area contributed by atoms with Crippen LogP contribution in [0.1, 0.15) is 22.0 Å². The summed E-state index contributed by atoms with van der Waals surface area (Å²) in [6.45, 7) is 2.65. The SMILES string of the molecule is Cl.Cl.Fc1c(Cl)cc(C(F)(F)F)cc1[C@@H](c1cccs1)N1CCNCC1. The van der Waals surface area contributed by atoms with Gasteiger partial charge in [-0.05, 0) is 23.6 Å². The van der Waals surface area contributed by atoms with Crippen molar-refractivity contribution >= 4 is 47.8 Å². The van der Waals surface area contributed by atoms with E-state index in [9.17, 15) is 17.6 Å². The number of thiophene rings is 1. The number of nitrogens with one attached hydrogen (secondary N) is 1. The maximum atomic E-state index is 14.6. The maximum absolute atomic E-state index is 14.6. The molecule has 1 saturated heterocycles. The van der Waals surface area contributed by atoms with Crippen molar-refractivity contribution < 1.29 is 17.6 Å². The molecule has 0 unspecified atom stereocenters. The van der Waals surface area contributed by atoms with E-state index in [2.05, 4.69) is 5.32 Å². The second-order valence-electron chi connectivity index (χ2n) is 5.56. The van der Waals surface area contributed by atoms with E-state index >= 15 is 0 Å². The monoisotopic (exact) mass is 450 g/mol. The molecule has 0 spiro atoms. The fourth-order valence-corrected chi connectivity index (χ4v) is 3.99. The zero-order valence-corrected chi connectivity index (χ0v) is 16.6. The molecule has 0 radical (unpaired) electrons. The van der Waals surface area contributed by atoms with E-state index < -0.39 is 28.6 Å². The number of hydrogen-bond acceptors (Lipinski definition) is 3. The van der Waals surface area contributed by atoms with E-state index in [1.807, 2.05) is 22.4 Å². The van der Waals surface area contributed by atoms with Gasteiger partial charge in [0.15, 0.2) is 0 Å². The molecule has 1 N–H and O–H groups in total. The summed E-state index contributed by atoms with van der Waals surface area (Å²) in [5, 5.41) is 4.52. The molecule has 3 rings (SSSR count). The van der Waals surface area contributed by atoms with Gasteiger partial charge in [0.1, 0.15) is 5.82 Å². The number of piperazine rings is 1. The minimum Gasteiger partial charge on any atom is -0.314 e. The zero-order valence-electron chi connectivity index (χ0n) is 13.4. The van der Waals surface area contributed by atoms with E-state index in [0.717, 1.165) is 10.9 Å². The normalized spacial score (nSPS) is 16.5. The lowest BCUT2D eigenvalue weighted by atomic mass is 9.99. The number of alkyl halides is 3. The predicted octanol–water partition coefficient (Wildman–Crippen LogP) is 5.40. The van der Waals surface area contributed by atoms with Gasteiger partial charge in [-0.1, -0.05) is 17.7 Å². The molecule has 146 valence electrons. The Morgan fingerprint density at radius 1 is 1.15 bits per heavy atom. The average molecular weight is 452 g/mol. The highest BCUT2D eigenvalue weighted by atomic mass is 35.5. The van der Waals surface area contributed by atoms with Crippen LogP contribution in [0.5, 0.6) is 0 Å². The van der Waals surface area contributed by atoms with E-state index in [-0.39, 0.29) is 30.4 Å². The van der Waals surface area contributed by atoms with Gasteiger partial charge in [0.25, 0.3) is 0 Å². The van der Waals surface area contributed by atoms with Crippen molar-refractivity contribution in [3.63, 3.8) is 0 Å². The molecular formula is C16H17Cl3F4N2S. The summed E-state index contributed by atoms with van der Waals surface area (Å²) in [6, 6.07) is 4.57. The fourth-order valence-electron chi connectivity index (χ4n) is 2.89. The van der Waals surface area contributed by atoms with E-state index in [4.69, 9.17) is 11.6 Å². The Morgan fingerprint density at radius 3 is 2.35 bits per heavy atom. The van der Waals surface area contributed by atoms with Crippen molar-refractivity contribution in [2.24, 2.45) is 0 Å². The lowest BCUT2D eigenvalue weighted by Gasteiger charge is -2.35. The van der Waals surface area contributed by atoms with E-state index in [1.54, 1.807) is 0 Å². The summed E-state index contributed by atoms with van der Waals surface area (Å²) in [7, 11) is 0. The summed E-state index contributed by atoms with van der Waals surface area (Å²) >= 11 is 7.16. The molecule has 1 atom stereocenters. The van der Waals surface area contributed by atoms with Crippen LogP contribution in [0.3, 0.4) is 0 Å². The van der Waals surface area contributed by atoms with Crippen LogP contribution in [0.15, 0.2) is 29.6 Å². The Bertz CT molecular complexity index is 704. The molecule has 0 amide bonds. The maximum Gasteiger partial charge on any atom is 0.416 e. The van der Waals surface area contributed by atoms with Gasteiger partial charge in [-0.25, -0.2) is 4.39 Å². The molecular weight excluding hydrogens is 435 g/mol. The second kappa shape index (κ2) is 9.57. The first-order valence-corrected chi connectivity index (χ1v) is 8.68. The van der Waals surface area contributed by atoms with Crippen molar-refractivity contribution in [3.05, 3.63) is 56.5 Å². The van der Waals surface area contributed by atoms with Crippen LogP contribution >= 0.6 is 47.8 Å². The minimum atomic E-state index is -4.57. The van der Waals surface area contributed by atoms with Crippen LogP contribution in [-0.2, 0) is 6.18 Å². The summed E-state index contributed by atoms with van der Waals surface area (Å²) in [6.07, 6.45) is -4.57. The van der Waals surface area contributed by atoms with E-state index in [1.165, 1.54) is 11.3 Å². The van der Waals surface area contributed by atoms with Crippen LogP contribution in [-0.4, -0.2) is 31.1 Å². The molecule has 0 aliphatic carbocycles. The van der Waals surface area contributed by atoms with Gasteiger partial charge in [-0.2, -0.15) is 13.2 Å². The number of nitrogens with zero attached hydrogens (tertiary/aromatic N) is 1. The molecule has 2 heterocycles. The molecule has 1 aliphatic rings. The van der Waals surface area contributed by atoms with Crippen molar-refractivity contribution in [3.8, 4) is 0 Å². The highest BCUT2D eigenvalue weighted by Crippen LogP contribution is 2.39. The van der Waals surface area contributed by atoms with Gasteiger partial charge in [-0.3, -0.25) is 4.90 Å². The number of hydrogen-bond donors (Lipinski definition) is 1.